The second kappa shape index (κ2) is 7.54. The number of fused-ring (bicyclic) bond motifs is 2. The van der Waals surface area contributed by atoms with E-state index in [1.807, 2.05) is 43.2 Å². The third-order valence-electron chi connectivity index (χ3n) is 5.76. The Kier molecular flexibility index (Phi) is 5.21. The van der Waals surface area contributed by atoms with Gasteiger partial charge in [-0.2, -0.15) is 0 Å². The molecular formula is C22H27N3O3S. The maximum atomic E-state index is 13.2. The fourth-order valence-corrected chi connectivity index (χ4v) is 4.73. The number of anilines is 2. The average Bonchev–Trinajstić information content (AvgIpc) is 3.25. The number of ether oxygens (including phenoxy) is 1. The van der Waals surface area contributed by atoms with Crippen LogP contribution < -0.4 is 10.2 Å². The van der Waals surface area contributed by atoms with E-state index in [-0.39, 0.29) is 23.7 Å². The molecule has 0 bridgehead atoms. The molecule has 2 amide bonds. The number of hydrogen-bond acceptors (Lipinski definition) is 5. The average molecular weight is 414 g/mol. The maximum absolute atomic E-state index is 13.2. The van der Waals surface area contributed by atoms with Crippen LogP contribution in [0, 0.1) is 5.41 Å². The summed E-state index contributed by atoms with van der Waals surface area (Å²) >= 11 is 1.36. The van der Waals surface area contributed by atoms with Gasteiger partial charge in [0, 0.05) is 41.7 Å². The number of aromatic nitrogens is 1. The van der Waals surface area contributed by atoms with Crippen molar-refractivity contribution in [3.63, 3.8) is 0 Å². The first-order valence-electron chi connectivity index (χ1n) is 10.0. The molecule has 3 heterocycles. The fraction of sp³-hybridized carbons (Fsp3) is 0.500. The fourth-order valence-electron chi connectivity index (χ4n) is 4.02. The van der Waals surface area contributed by atoms with Crippen LogP contribution in [-0.4, -0.2) is 36.6 Å². The van der Waals surface area contributed by atoms with E-state index >= 15 is 0 Å². The number of hydrogen-bond donors (Lipinski definition) is 1. The highest BCUT2D eigenvalue weighted by Crippen LogP contribution is 2.46. The molecule has 1 aromatic carbocycles. The van der Waals surface area contributed by atoms with Gasteiger partial charge in [-0.25, -0.2) is 4.98 Å². The molecule has 0 aliphatic carbocycles. The van der Waals surface area contributed by atoms with E-state index in [0.29, 0.717) is 17.4 Å². The Bertz CT molecular complexity index is 925. The lowest BCUT2D eigenvalue weighted by molar-refractivity contribution is -0.123. The first-order chi connectivity index (χ1) is 13.8. The van der Waals surface area contributed by atoms with Gasteiger partial charge in [-0.3, -0.25) is 9.59 Å². The summed E-state index contributed by atoms with van der Waals surface area (Å²) in [5, 5.41) is 5.22. The molecule has 154 valence electrons. The Hall–Kier alpha value is -2.25. The number of rotatable bonds is 3. The molecule has 0 unspecified atom stereocenters. The molecule has 1 N–H and O–H groups in total. The Morgan fingerprint density at radius 2 is 1.97 bits per heavy atom. The van der Waals surface area contributed by atoms with Gasteiger partial charge in [-0.1, -0.05) is 39.0 Å². The lowest BCUT2D eigenvalue weighted by Gasteiger charge is -2.34. The summed E-state index contributed by atoms with van der Waals surface area (Å²) in [7, 11) is 0. The highest BCUT2D eigenvalue weighted by atomic mass is 32.1. The topological polar surface area (TPSA) is 71.5 Å². The number of para-hydroxylation sites is 1. The Balaban J connectivity index is 1.49. The van der Waals surface area contributed by atoms with Gasteiger partial charge in [-0.05, 0) is 24.5 Å². The van der Waals surface area contributed by atoms with Crippen molar-refractivity contribution in [1.82, 2.24) is 4.98 Å². The minimum absolute atomic E-state index is 0.00157. The molecule has 2 aromatic rings. The number of nitrogens with one attached hydrogen (secondary N) is 1. The summed E-state index contributed by atoms with van der Waals surface area (Å²) in [5.41, 5.74) is 2.47. The lowest BCUT2D eigenvalue weighted by Crippen LogP contribution is -2.41. The number of carbonyl (C=O) groups is 2. The van der Waals surface area contributed by atoms with Crippen LogP contribution in [0.1, 0.15) is 44.9 Å². The van der Waals surface area contributed by atoms with Crippen molar-refractivity contribution in [1.29, 1.82) is 0 Å². The van der Waals surface area contributed by atoms with Crippen LogP contribution in [0.5, 0.6) is 0 Å². The van der Waals surface area contributed by atoms with Crippen molar-refractivity contribution in [2.75, 3.05) is 30.0 Å². The molecule has 0 atom stereocenters. The minimum atomic E-state index is -0.487. The first-order valence-corrected chi connectivity index (χ1v) is 10.9. The molecule has 1 aromatic heterocycles. The molecule has 1 spiro atoms. The predicted octanol–water partition coefficient (Wildman–Crippen LogP) is 3.77. The minimum Gasteiger partial charge on any atom is -0.381 e. The summed E-state index contributed by atoms with van der Waals surface area (Å²) in [6.45, 7) is 7.75. The van der Waals surface area contributed by atoms with Crippen molar-refractivity contribution in [3.05, 3.63) is 40.9 Å². The quantitative estimate of drug-likeness (QED) is 0.832. The second-order valence-corrected chi connectivity index (χ2v) is 9.77. The third-order valence-corrected chi connectivity index (χ3v) is 6.57. The standard InChI is InChI=1S/C22H27N3O3S/c1-21(2,3)19(27)24-20-23-15(13-29-20)12-18(26)25-14-22(8-10-28-11-9-22)16-6-4-5-7-17(16)25/h4-7,13H,8-12,14H2,1-3H3,(H,23,24,27). The van der Waals surface area contributed by atoms with Crippen molar-refractivity contribution in [3.8, 4) is 0 Å². The largest absolute Gasteiger partial charge is 0.381 e. The van der Waals surface area contributed by atoms with Gasteiger partial charge >= 0.3 is 0 Å². The Labute approximate surface area is 175 Å². The molecule has 29 heavy (non-hydrogen) atoms. The predicted molar refractivity (Wildman–Crippen MR) is 114 cm³/mol. The van der Waals surface area contributed by atoms with E-state index in [1.165, 1.54) is 16.9 Å². The number of carbonyl (C=O) groups excluding carboxylic acids is 2. The highest BCUT2D eigenvalue weighted by Gasteiger charge is 2.45. The summed E-state index contributed by atoms with van der Waals surface area (Å²) in [6, 6.07) is 8.22. The summed E-state index contributed by atoms with van der Waals surface area (Å²) < 4.78 is 5.57. The van der Waals surface area contributed by atoms with E-state index in [4.69, 9.17) is 4.74 Å². The Morgan fingerprint density at radius 3 is 2.69 bits per heavy atom. The van der Waals surface area contributed by atoms with Crippen molar-refractivity contribution >= 4 is 34.0 Å². The zero-order valence-electron chi connectivity index (χ0n) is 17.2. The molecule has 1 fully saturated rings. The van der Waals surface area contributed by atoms with Crippen LogP contribution in [0.2, 0.25) is 0 Å². The van der Waals surface area contributed by atoms with Crippen LogP contribution in [0.25, 0.3) is 0 Å². The molecule has 6 nitrogen and oxygen atoms in total. The monoisotopic (exact) mass is 413 g/mol. The van der Waals surface area contributed by atoms with Gasteiger partial charge in [0.05, 0.1) is 12.1 Å². The van der Waals surface area contributed by atoms with E-state index in [9.17, 15) is 9.59 Å². The van der Waals surface area contributed by atoms with Gasteiger partial charge in [0.1, 0.15) is 0 Å². The highest BCUT2D eigenvalue weighted by molar-refractivity contribution is 7.13. The summed E-state index contributed by atoms with van der Waals surface area (Å²) in [6.07, 6.45) is 2.10. The molecular weight excluding hydrogens is 386 g/mol. The molecule has 7 heteroatoms. The zero-order chi connectivity index (χ0) is 20.6. The second-order valence-electron chi connectivity index (χ2n) is 8.91. The van der Waals surface area contributed by atoms with E-state index in [2.05, 4.69) is 22.4 Å². The molecule has 0 radical (unpaired) electrons. The van der Waals surface area contributed by atoms with Crippen LogP contribution in [-0.2, 0) is 26.2 Å². The van der Waals surface area contributed by atoms with E-state index in [0.717, 1.165) is 31.7 Å². The summed E-state index contributed by atoms with van der Waals surface area (Å²) in [5.74, 6) is -0.0422. The van der Waals surface area contributed by atoms with Gasteiger partial charge in [0.15, 0.2) is 5.13 Å². The smallest absolute Gasteiger partial charge is 0.233 e. The van der Waals surface area contributed by atoms with Crippen molar-refractivity contribution < 1.29 is 14.3 Å². The molecule has 2 aliphatic rings. The number of benzene rings is 1. The third kappa shape index (κ3) is 3.94. The number of nitrogens with zero attached hydrogens (tertiary/aromatic N) is 2. The van der Waals surface area contributed by atoms with Crippen LogP contribution in [0.3, 0.4) is 0 Å². The number of thiazole rings is 1. The van der Waals surface area contributed by atoms with Crippen LogP contribution >= 0.6 is 11.3 Å². The van der Waals surface area contributed by atoms with Gasteiger partial charge in [0.25, 0.3) is 0 Å². The molecule has 4 rings (SSSR count). The van der Waals surface area contributed by atoms with Crippen LogP contribution in [0.15, 0.2) is 29.6 Å². The SMILES string of the molecule is CC(C)(C)C(=O)Nc1nc(CC(=O)N2CC3(CCOCC3)c3ccccc32)cs1. The normalized spacial score (nSPS) is 18.0. The molecule has 2 aliphatic heterocycles. The lowest BCUT2D eigenvalue weighted by atomic mass is 9.76. The molecule has 1 saturated heterocycles. The first kappa shape index (κ1) is 20.0. The number of amides is 2. The van der Waals surface area contributed by atoms with Crippen LogP contribution in [0.4, 0.5) is 10.8 Å². The molecule has 0 saturated carbocycles. The van der Waals surface area contributed by atoms with Gasteiger partial charge in [0.2, 0.25) is 11.8 Å². The zero-order valence-corrected chi connectivity index (χ0v) is 18.0. The van der Waals surface area contributed by atoms with Crippen molar-refractivity contribution in [2.24, 2.45) is 5.41 Å². The van der Waals surface area contributed by atoms with E-state index in [1.54, 1.807) is 0 Å². The Morgan fingerprint density at radius 1 is 1.24 bits per heavy atom. The maximum Gasteiger partial charge on any atom is 0.233 e. The van der Waals surface area contributed by atoms with Gasteiger partial charge < -0.3 is 15.0 Å². The van der Waals surface area contributed by atoms with Gasteiger partial charge in [-0.15, -0.1) is 11.3 Å². The summed E-state index contributed by atoms with van der Waals surface area (Å²) in [4.78, 5) is 31.7. The van der Waals surface area contributed by atoms with E-state index < -0.39 is 5.41 Å². The van der Waals surface area contributed by atoms with Crippen molar-refractivity contribution in [2.45, 2.75) is 45.4 Å².